The molecule has 0 unspecified atom stereocenters. The van der Waals surface area contributed by atoms with Crippen molar-refractivity contribution in [2.75, 3.05) is 11.6 Å². The van der Waals surface area contributed by atoms with Crippen molar-refractivity contribution in [2.45, 2.75) is 18.7 Å². The summed E-state index contributed by atoms with van der Waals surface area (Å²) in [5.74, 6) is -0.663. The molecule has 29 heavy (non-hydrogen) atoms. The lowest BCUT2D eigenvalue weighted by Gasteiger charge is -2.10. The fourth-order valence-electron chi connectivity index (χ4n) is 2.84. The van der Waals surface area contributed by atoms with E-state index in [4.69, 9.17) is 0 Å². The van der Waals surface area contributed by atoms with E-state index in [9.17, 15) is 23.3 Å². The second kappa shape index (κ2) is 7.47. The fourth-order valence-corrected chi connectivity index (χ4v) is 3.52. The van der Waals surface area contributed by atoms with Gasteiger partial charge in [0.1, 0.15) is 0 Å². The molecule has 0 radical (unpaired) electrons. The van der Waals surface area contributed by atoms with Gasteiger partial charge >= 0.3 is 0 Å². The number of nitro groups is 1. The molecule has 0 atom stereocenters. The molecule has 0 bridgehead atoms. The molecule has 0 saturated heterocycles. The van der Waals surface area contributed by atoms with Crippen molar-refractivity contribution in [3.05, 3.63) is 75.6 Å². The number of carbonyl (C=O) groups excluding carboxylic acids is 1. The highest BCUT2D eigenvalue weighted by Crippen LogP contribution is 2.23. The number of benzene rings is 2. The highest BCUT2D eigenvalue weighted by Gasteiger charge is 2.19. The van der Waals surface area contributed by atoms with Crippen LogP contribution >= 0.6 is 0 Å². The zero-order chi connectivity index (χ0) is 21.3. The average Bonchev–Trinajstić information content (AvgIpc) is 2.99. The quantitative estimate of drug-likeness (QED) is 0.505. The first kappa shape index (κ1) is 20.2. The van der Waals surface area contributed by atoms with Crippen LogP contribution in [-0.2, 0) is 9.84 Å². The normalized spacial score (nSPS) is 11.3. The molecule has 1 heterocycles. The van der Waals surface area contributed by atoms with E-state index >= 15 is 0 Å². The number of nitrogens with one attached hydrogen (secondary N) is 1. The highest BCUT2D eigenvalue weighted by molar-refractivity contribution is 7.90. The molecule has 0 aliphatic rings. The number of hydrogen-bond donors (Lipinski definition) is 1. The first-order chi connectivity index (χ1) is 13.5. The maximum Gasteiger partial charge on any atom is 0.271 e. The van der Waals surface area contributed by atoms with Crippen molar-refractivity contribution < 1.29 is 18.1 Å². The number of carbonyl (C=O) groups is 1. The minimum absolute atomic E-state index is 0.129. The number of rotatable bonds is 5. The third kappa shape index (κ3) is 4.49. The molecule has 0 aliphatic heterocycles. The van der Waals surface area contributed by atoms with Crippen molar-refractivity contribution in [3.63, 3.8) is 0 Å². The Balaban J connectivity index is 1.95. The Hall–Kier alpha value is -3.53. The summed E-state index contributed by atoms with van der Waals surface area (Å²) in [6, 6.07) is 11.9. The van der Waals surface area contributed by atoms with Gasteiger partial charge in [-0.1, -0.05) is 6.07 Å². The molecule has 0 spiro atoms. The lowest BCUT2D eigenvalue weighted by Crippen LogP contribution is -2.14. The third-order valence-electron chi connectivity index (χ3n) is 4.15. The van der Waals surface area contributed by atoms with Crippen molar-refractivity contribution in [1.82, 2.24) is 9.78 Å². The molecular formula is C19H18N4O5S. The first-order valence-corrected chi connectivity index (χ1v) is 10.4. The zero-order valence-electron chi connectivity index (χ0n) is 15.9. The molecule has 9 nitrogen and oxygen atoms in total. The van der Waals surface area contributed by atoms with E-state index in [0.717, 1.165) is 41.5 Å². The topological polar surface area (TPSA) is 124 Å². The number of aryl methyl sites for hydroxylation is 2. The Bertz CT molecular complexity index is 1230. The molecule has 1 N–H and O–H groups in total. The van der Waals surface area contributed by atoms with Crippen molar-refractivity contribution >= 4 is 27.1 Å². The average molecular weight is 414 g/mol. The maximum absolute atomic E-state index is 12.6. The Kier molecular flexibility index (Phi) is 5.21. The van der Waals surface area contributed by atoms with Crippen molar-refractivity contribution in [1.29, 1.82) is 0 Å². The highest BCUT2D eigenvalue weighted by atomic mass is 32.2. The lowest BCUT2D eigenvalue weighted by molar-refractivity contribution is -0.385. The summed E-state index contributed by atoms with van der Waals surface area (Å²) in [4.78, 5) is 22.7. The van der Waals surface area contributed by atoms with Gasteiger partial charge in [-0.2, -0.15) is 5.10 Å². The molecule has 0 saturated carbocycles. The zero-order valence-corrected chi connectivity index (χ0v) is 16.7. The van der Waals surface area contributed by atoms with Gasteiger partial charge in [0.25, 0.3) is 11.6 Å². The van der Waals surface area contributed by atoms with Gasteiger partial charge < -0.3 is 5.32 Å². The van der Waals surface area contributed by atoms with E-state index in [1.54, 1.807) is 22.9 Å². The van der Waals surface area contributed by atoms with Gasteiger partial charge in [-0.25, -0.2) is 13.1 Å². The second-order valence-corrected chi connectivity index (χ2v) is 8.60. The van der Waals surface area contributed by atoms with Gasteiger partial charge in [0, 0.05) is 35.3 Å². The van der Waals surface area contributed by atoms with E-state index in [1.807, 2.05) is 26.0 Å². The van der Waals surface area contributed by atoms with Gasteiger partial charge in [0.2, 0.25) is 0 Å². The van der Waals surface area contributed by atoms with E-state index in [-0.39, 0.29) is 10.5 Å². The Labute approximate surface area is 167 Å². The summed E-state index contributed by atoms with van der Waals surface area (Å²) in [7, 11) is -3.73. The van der Waals surface area contributed by atoms with Crippen LogP contribution in [0.4, 0.5) is 11.4 Å². The molecule has 2 aromatic carbocycles. The minimum Gasteiger partial charge on any atom is -0.322 e. The molecule has 150 valence electrons. The summed E-state index contributed by atoms with van der Waals surface area (Å²) in [5, 5.41) is 18.2. The summed E-state index contributed by atoms with van der Waals surface area (Å²) in [6.07, 6.45) is 0.922. The minimum atomic E-state index is -3.73. The number of anilines is 1. The van der Waals surface area contributed by atoms with Gasteiger partial charge in [-0.3, -0.25) is 14.9 Å². The van der Waals surface area contributed by atoms with Crippen molar-refractivity contribution in [2.24, 2.45) is 0 Å². The molecule has 0 aliphatic carbocycles. The summed E-state index contributed by atoms with van der Waals surface area (Å²) >= 11 is 0. The molecular weight excluding hydrogens is 396 g/mol. The first-order valence-electron chi connectivity index (χ1n) is 8.49. The Morgan fingerprint density at radius 1 is 1.14 bits per heavy atom. The van der Waals surface area contributed by atoms with Gasteiger partial charge in [-0.15, -0.1) is 0 Å². The van der Waals surface area contributed by atoms with Crippen LogP contribution in [0.25, 0.3) is 5.69 Å². The van der Waals surface area contributed by atoms with E-state index in [1.165, 1.54) is 0 Å². The smallest absolute Gasteiger partial charge is 0.271 e. The summed E-state index contributed by atoms with van der Waals surface area (Å²) < 4.78 is 25.3. The second-order valence-electron chi connectivity index (χ2n) is 6.59. The predicted molar refractivity (Wildman–Crippen MR) is 107 cm³/mol. The fraction of sp³-hybridized carbons (Fsp3) is 0.158. The molecule has 0 fully saturated rings. The van der Waals surface area contributed by atoms with Crippen LogP contribution in [-0.4, -0.2) is 35.3 Å². The molecule has 3 rings (SSSR count). The van der Waals surface area contributed by atoms with Crippen LogP contribution in [0.1, 0.15) is 21.7 Å². The van der Waals surface area contributed by atoms with Gasteiger partial charge in [0.15, 0.2) is 9.84 Å². The van der Waals surface area contributed by atoms with Crippen molar-refractivity contribution in [3.8, 4) is 5.69 Å². The number of hydrogen-bond acceptors (Lipinski definition) is 6. The SMILES string of the molecule is Cc1cc(C)n(-c2cccc(NC(=O)c3cc([N+](=O)[O-])cc(S(C)(=O)=O)c3)c2)n1. The molecule has 1 amide bonds. The number of nitro benzene ring substituents is 1. The van der Waals surface area contributed by atoms with Gasteiger partial charge in [0.05, 0.1) is 21.2 Å². The number of non-ortho nitro benzene ring substituents is 1. The number of nitrogens with zero attached hydrogens (tertiary/aromatic N) is 3. The number of amides is 1. The lowest BCUT2D eigenvalue weighted by atomic mass is 10.2. The Morgan fingerprint density at radius 2 is 1.86 bits per heavy atom. The van der Waals surface area contributed by atoms with Crippen LogP contribution in [0.15, 0.2) is 53.4 Å². The molecule has 1 aromatic heterocycles. The van der Waals surface area contributed by atoms with Crippen LogP contribution in [0.2, 0.25) is 0 Å². The monoisotopic (exact) mass is 414 g/mol. The Morgan fingerprint density at radius 3 is 2.45 bits per heavy atom. The largest absolute Gasteiger partial charge is 0.322 e. The van der Waals surface area contributed by atoms with E-state index in [0.29, 0.717) is 5.69 Å². The van der Waals surface area contributed by atoms with Crippen LogP contribution in [0.3, 0.4) is 0 Å². The number of sulfone groups is 1. The third-order valence-corrected chi connectivity index (χ3v) is 5.24. The molecule has 10 heteroatoms. The summed E-state index contributed by atoms with van der Waals surface area (Å²) in [5.41, 5.74) is 2.33. The molecule has 3 aromatic rings. The maximum atomic E-state index is 12.6. The number of aromatic nitrogens is 2. The summed E-state index contributed by atoms with van der Waals surface area (Å²) in [6.45, 7) is 3.78. The van der Waals surface area contributed by atoms with Gasteiger partial charge in [-0.05, 0) is 44.2 Å². The van der Waals surface area contributed by atoms with Crippen LogP contribution in [0, 0.1) is 24.0 Å². The van der Waals surface area contributed by atoms with Crippen LogP contribution in [0.5, 0.6) is 0 Å². The van der Waals surface area contributed by atoms with E-state index in [2.05, 4.69) is 10.4 Å². The van der Waals surface area contributed by atoms with E-state index < -0.39 is 26.4 Å². The predicted octanol–water partition coefficient (Wildman–Crippen LogP) is 3.05. The van der Waals surface area contributed by atoms with Crippen LogP contribution < -0.4 is 5.32 Å². The standard InChI is InChI=1S/C19H18N4O5S/c1-12-7-13(2)22(21-12)16-6-4-5-15(10-16)20-19(24)14-8-17(23(25)26)11-18(9-14)29(3,27)28/h4-11H,1-3H3,(H,20,24).